The average molecular weight is 448 g/mol. The summed E-state index contributed by atoms with van der Waals surface area (Å²) in [6.45, 7) is 7.93. The number of benzene rings is 1. The molecule has 2 aliphatic rings. The Labute approximate surface area is 183 Å². The molecule has 1 aromatic carbocycles. The first-order valence-electron chi connectivity index (χ1n) is 10.1. The van der Waals surface area contributed by atoms with Gasteiger partial charge in [-0.15, -0.1) is 13.2 Å². The van der Waals surface area contributed by atoms with Crippen LogP contribution in [0, 0.1) is 13.8 Å². The van der Waals surface area contributed by atoms with Crippen LogP contribution in [0.4, 0.5) is 13.2 Å². The zero-order valence-electron chi connectivity index (χ0n) is 18.1. The molecule has 170 valence electrons. The number of oxime groups is 1. The summed E-state index contributed by atoms with van der Waals surface area (Å²) in [7, 11) is 0. The molecule has 0 saturated heterocycles. The van der Waals surface area contributed by atoms with E-state index in [1.807, 2.05) is 39.8 Å². The Morgan fingerprint density at radius 1 is 1.22 bits per heavy atom. The first-order chi connectivity index (χ1) is 15.0. The molecule has 0 saturated carbocycles. The number of aryl methyl sites for hydroxylation is 2. The van der Waals surface area contributed by atoms with Gasteiger partial charge in [0, 0.05) is 6.42 Å². The molecule has 1 aliphatic heterocycles. The van der Waals surface area contributed by atoms with Gasteiger partial charge in [-0.05, 0) is 62.2 Å². The van der Waals surface area contributed by atoms with Gasteiger partial charge in [-0.3, -0.25) is 0 Å². The third-order valence-corrected chi connectivity index (χ3v) is 5.35. The quantitative estimate of drug-likeness (QED) is 0.652. The standard InChI is InChI=1S/C22H23F3N4O3/c1-13(29-15(3)26-14(2)27-29)12-30-20-19-11-17(9-10-21(19,4)32-28-20)16-5-7-18(8-6-16)31-22(23,24)25/h5-9,11,13H,10,12H2,1-4H3. The Bertz CT molecular complexity index is 1100. The minimum Gasteiger partial charge on any atom is -0.473 e. The van der Waals surface area contributed by atoms with Crippen LogP contribution < -0.4 is 4.74 Å². The molecule has 2 atom stereocenters. The molecule has 2 unspecified atom stereocenters. The van der Waals surface area contributed by atoms with E-state index in [4.69, 9.17) is 9.57 Å². The molecule has 32 heavy (non-hydrogen) atoms. The van der Waals surface area contributed by atoms with Crippen molar-refractivity contribution in [3.63, 3.8) is 0 Å². The van der Waals surface area contributed by atoms with Crippen LogP contribution in [0.3, 0.4) is 0 Å². The fourth-order valence-corrected chi connectivity index (χ4v) is 3.73. The number of hydrogen-bond donors (Lipinski definition) is 0. The van der Waals surface area contributed by atoms with Crippen molar-refractivity contribution in [3.8, 4) is 5.75 Å². The lowest BCUT2D eigenvalue weighted by atomic mass is 9.84. The van der Waals surface area contributed by atoms with Crippen molar-refractivity contribution in [1.82, 2.24) is 14.8 Å². The fraction of sp³-hybridized carbons (Fsp3) is 0.409. The van der Waals surface area contributed by atoms with E-state index in [9.17, 15) is 13.2 Å². The monoisotopic (exact) mass is 448 g/mol. The van der Waals surface area contributed by atoms with Crippen LogP contribution >= 0.6 is 0 Å². The highest BCUT2D eigenvalue weighted by atomic mass is 19.4. The van der Waals surface area contributed by atoms with Crippen molar-refractivity contribution >= 4 is 11.5 Å². The third kappa shape index (κ3) is 4.49. The lowest BCUT2D eigenvalue weighted by molar-refractivity contribution is -0.274. The summed E-state index contributed by atoms with van der Waals surface area (Å²) in [6, 6.07) is 5.68. The predicted molar refractivity (Wildman–Crippen MR) is 111 cm³/mol. The minimum atomic E-state index is -4.72. The number of nitrogens with zero attached hydrogens (tertiary/aromatic N) is 4. The molecule has 0 radical (unpaired) electrons. The van der Waals surface area contributed by atoms with Gasteiger partial charge in [-0.25, -0.2) is 9.67 Å². The molecule has 0 amide bonds. The fourth-order valence-electron chi connectivity index (χ4n) is 3.73. The van der Waals surface area contributed by atoms with Crippen LogP contribution in [0.2, 0.25) is 0 Å². The first kappa shape index (κ1) is 21.9. The molecule has 0 spiro atoms. The molecule has 4 rings (SSSR count). The molecule has 1 aliphatic carbocycles. The maximum atomic E-state index is 12.4. The van der Waals surface area contributed by atoms with E-state index >= 15 is 0 Å². The Balaban J connectivity index is 1.48. The molecule has 2 aromatic rings. The van der Waals surface area contributed by atoms with Crippen molar-refractivity contribution in [1.29, 1.82) is 0 Å². The first-order valence-corrected chi connectivity index (χ1v) is 10.1. The Kier molecular flexibility index (Phi) is 5.47. The van der Waals surface area contributed by atoms with Crippen molar-refractivity contribution in [2.75, 3.05) is 6.61 Å². The highest BCUT2D eigenvalue weighted by Gasteiger charge is 2.42. The van der Waals surface area contributed by atoms with Crippen molar-refractivity contribution in [2.45, 2.75) is 52.1 Å². The second-order valence-corrected chi connectivity index (χ2v) is 8.02. The lowest BCUT2D eigenvalue weighted by Gasteiger charge is -2.26. The lowest BCUT2D eigenvalue weighted by Crippen LogP contribution is -2.30. The highest BCUT2D eigenvalue weighted by Crippen LogP contribution is 2.40. The molecule has 0 N–H and O–H groups in total. The average Bonchev–Trinajstić information content (AvgIpc) is 3.23. The van der Waals surface area contributed by atoms with Gasteiger partial charge in [0.25, 0.3) is 5.90 Å². The normalized spacial score (nSPS) is 21.2. The summed E-state index contributed by atoms with van der Waals surface area (Å²) in [5.41, 5.74) is 1.72. The Morgan fingerprint density at radius 2 is 1.94 bits per heavy atom. The molecule has 2 heterocycles. The van der Waals surface area contributed by atoms with E-state index < -0.39 is 12.0 Å². The van der Waals surface area contributed by atoms with Gasteiger partial charge in [-0.2, -0.15) is 5.10 Å². The minimum absolute atomic E-state index is 0.0638. The zero-order chi connectivity index (χ0) is 23.1. The second kappa shape index (κ2) is 7.99. The molecule has 7 nitrogen and oxygen atoms in total. The summed E-state index contributed by atoms with van der Waals surface area (Å²) in [6.07, 6.45) is -0.321. The largest absolute Gasteiger partial charge is 0.573 e. The molecule has 10 heteroatoms. The van der Waals surface area contributed by atoms with Gasteiger partial charge in [-0.1, -0.05) is 18.2 Å². The Hall–Kier alpha value is -3.30. The summed E-state index contributed by atoms with van der Waals surface area (Å²) in [5.74, 6) is 1.61. The maximum Gasteiger partial charge on any atom is 0.573 e. The molecular formula is C22H23F3N4O3. The maximum absolute atomic E-state index is 12.4. The van der Waals surface area contributed by atoms with Gasteiger partial charge in [0.2, 0.25) is 0 Å². The number of halogens is 3. The third-order valence-electron chi connectivity index (χ3n) is 5.35. The van der Waals surface area contributed by atoms with Crippen molar-refractivity contribution < 1.29 is 27.5 Å². The number of ether oxygens (including phenoxy) is 2. The van der Waals surface area contributed by atoms with E-state index in [1.54, 1.807) is 16.8 Å². The molecule has 0 bridgehead atoms. The van der Waals surface area contributed by atoms with Gasteiger partial charge in [0.05, 0.1) is 11.6 Å². The van der Waals surface area contributed by atoms with E-state index in [1.165, 1.54) is 12.1 Å². The number of rotatable bonds is 5. The predicted octanol–water partition coefficient (Wildman–Crippen LogP) is 4.89. The van der Waals surface area contributed by atoms with E-state index in [0.29, 0.717) is 24.7 Å². The number of hydrogen-bond acceptors (Lipinski definition) is 6. The molecular weight excluding hydrogens is 425 g/mol. The van der Waals surface area contributed by atoms with E-state index in [2.05, 4.69) is 20.0 Å². The van der Waals surface area contributed by atoms with Crippen LogP contribution in [0.5, 0.6) is 5.75 Å². The van der Waals surface area contributed by atoms with Gasteiger partial charge < -0.3 is 14.3 Å². The van der Waals surface area contributed by atoms with Gasteiger partial charge in [0.1, 0.15) is 24.0 Å². The zero-order valence-corrected chi connectivity index (χ0v) is 18.1. The van der Waals surface area contributed by atoms with Crippen LogP contribution in [0.25, 0.3) is 5.57 Å². The Morgan fingerprint density at radius 3 is 2.56 bits per heavy atom. The van der Waals surface area contributed by atoms with Crippen molar-refractivity contribution in [2.24, 2.45) is 5.16 Å². The smallest absolute Gasteiger partial charge is 0.473 e. The van der Waals surface area contributed by atoms with E-state index in [0.717, 1.165) is 22.5 Å². The van der Waals surface area contributed by atoms with Gasteiger partial charge in [0.15, 0.2) is 5.60 Å². The molecule has 0 fully saturated rings. The SMILES string of the molecule is Cc1nc(C)n(C(C)COC2=NOC3(C)CC=C(c4ccc(OC(F)(F)F)cc4)C=C23)n1. The molecule has 1 aromatic heterocycles. The number of alkyl halides is 3. The topological polar surface area (TPSA) is 70.8 Å². The van der Waals surface area contributed by atoms with E-state index in [-0.39, 0.29) is 11.8 Å². The van der Waals surface area contributed by atoms with Crippen LogP contribution in [-0.2, 0) is 9.57 Å². The second-order valence-electron chi connectivity index (χ2n) is 8.02. The van der Waals surface area contributed by atoms with Gasteiger partial charge >= 0.3 is 6.36 Å². The summed E-state index contributed by atoms with van der Waals surface area (Å²) >= 11 is 0. The number of allylic oxidation sites excluding steroid dienone is 2. The number of aromatic nitrogens is 3. The van der Waals surface area contributed by atoms with Crippen molar-refractivity contribution in [3.05, 3.63) is 59.2 Å². The highest BCUT2D eigenvalue weighted by molar-refractivity contribution is 6.00. The summed E-state index contributed by atoms with van der Waals surface area (Å²) in [4.78, 5) is 9.96. The van der Waals surface area contributed by atoms with Crippen LogP contribution in [0.15, 0.2) is 47.1 Å². The van der Waals surface area contributed by atoms with Crippen LogP contribution in [-0.4, -0.2) is 39.2 Å². The summed E-state index contributed by atoms with van der Waals surface area (Å²) < 4.78 is 48.9. The summed E-state index contributed by atoms with van der Waals surface area (Å²) in [5, 5.41) is 8.51. The number of fused-ring (bicyclic) bond motifs is 1. The van der Waals surface area contributed by atoms with Crippen LogP contribution in [0.1, 0.15) is 43.5 Å².